The first-order valence-electron chi connectivity index (χ1n) is 7.48. The summed E-state index contributed by atoms with van der Waals surface area (Å²) in [5.74, 6) is 7.38. The predicted molar refractivity (Wildman–Crippen MR) is 82.9 cm³/mol. The number of rotatable bonds is 4. The Hall–Kier alpha value is -1.55. The monoisotopic (exact) mass is 275 g/mol. The summed E-state index contributed by atoms with van der Waals surface area (Å²) >= 11 is 0. The van der Waals surface area contributed by atoms with E-state index in [4.69, 9.17) is 15.6 Å². The van der Waals surface area contributed by atoms with Gasteiger partial charge in [0.1, 0.15) is 11.6 Å². The molecule has 0 radical (unpaired) electrons. The van der Waals surface area contributed by atoms with Crippen LogP contribution in [0.25, 0.3) is 0 Å². The topological polar surface area (TPSA) is 59.6 Å². The molecule has 110 valence electrons. The van der Waals surface area contributed by atoms with E-state index in [1.54, 1.807) is 7.11 Å². The number of ether oxygens (including phenoxy) is 1. The van der Waals surface area contributed by atoms with Crippen LogP contribution in [0.5, 0.6) is 5.75 Å². The first kappa shape index (κ1) is 14.9. The maximum atomic E-state index is 5.63. The fourth-order valence-corrected chi connectivity index (χ4v) is 2.68. The molecule has 0 atom stereocenters. The third kappa shape index (κ3) is 4.53. The Morgan fingerprint density at radius 1 is 1.20 bits per heavy atom. The molecule has 1 fully saturated rings. The molecule has 0 aliphatic heterocycles. The second-order valence-corrected chi connectivity index (χ2v) is 5.39. The van der Waals surface area contributed by atoms with E-state index in [-0.39, 0.29) is 0 Å². The average molecular weight is 275 g/mol. The Balaban J connectivity index is 1.99. The first-order chi connectivity index (χ1) is 9.81. The zero-order valence-electron chi connectivity index (χ0n) is 12.3. The van der Waals surface area contributed by atoms with Gasteiger partial charge < -0.3 is 10.2 Å². The van der Waals surface area contributed by atoms with E-state index < -0.39 is 0 Å². The van der Waals surface area contributed by atoms with E-state index in [0.29, 0.717) is 6.04 Å². The largest absolute Gasteiger partial charge is 0.497 e. The molecule has 0 amide bonds. The lowest BCUT2D eigenvalue weighted by molar-refractivity contribution is 0.414. The molecular weight excluding hydrogens is 250 g/mol. The van der Waals surface area contributed by atoms with Crippen LogP contribution >= 0.6 is 0 Å². The molecule has 0 bridgehead atoms. The van der Waals surface area contributed by atoms with Crippen LogP contribution in [0.4, 0.5) is 0 Å². The molecule has 4 heteroatoms. The number of nitrogens with zero attached hydrogens (tertiary/aromatic N) is 1. The van der Waals surface area contributed by atoms with Gasteiger partial charge in [0.25, 0.3) is 0 Å². The molecule has 0 unspecified atom stereocenters. The zero-order chi connectivity index (χ0) is 14.2. The van der Waals surface area contributed by atoms with Crippen molar-refractivity contribution in [3.05, 3.63) is 29.8 Å². The van der Waals surface area contributed by atoms with Crippen LogP contribution < -0.4 is 16.0 Å². The highest BCUT2D eigenvalue weighted by atomic mass is 16.5. The lowest BCUT2D eigenvalue weighted by Crippen LogP contribution is -2.33. The molecular formula is C16H25N3O. The summed E-state index contributed by atoms with van der Waals surface area (Å²) in [5, 5.41) is 0. The van der Waals surface area contributed by atoms with Crippen LogP contribution in [0.1, 0.15) is 44.1 Å². The Morgan fingerprint density at radius 2 is 1.85 bits per heavy atom. The highest BCUT2D eigenvalue weighted by molar-refractivity contribution is 5.84. The third-order valence-electron chi connectivity index (χ3n) is 3.86. The zero-order valence-corrected chi connectivity index (χ0v) is 12.3. The van der Waals surface area contributed by atoms with Gasteiger partial charge in [-0.1, -0.05) is 37.8 Å². The van der Waals surface area contributed by atoms with Crippen molar-refractivity contribution in [3.8, 4) is 5.75 Å². The van der Waals surface area contributed by atoms with Crippen molar-refractivity contribution >= 4 is 5.84 Å². The lowest BCUT2D eigenvalue weighted by Gasteiger charge is -2.13. The highest BCUT2D eigenvalue weighted by Crippen LogP contribution is 2.20. The summed E-state index contributed by atoms with van der Waals surface area (Å²) in [6.07, 6.45) is 8.38. The minimum Gasteiger partial charge on any atom is -0.497 e. The number of hydrogen-bond donors (Lipinski definition) is 2. The highest BCUT2D eigenvalue weighted by Gasteiger charge is 2.12. The summed E-state index contributed by atoms with van der Waals surface area (Å²) in [4.78, 5) is 4.80. The van der Waals surface area contributed by atoms with Crippen LogP contribution in [-0.2, 0) is 6.42 Å². The van der Waals surface area contributed by atoms with Crippen molar-refractivity contribution in [1.29, 1.82) is 0 Å². The van der Waals surface area contributed by atoms with Crippen LogP contribution in [0.3, 0.4) is 0 Å². The molecule has 4 nitrogen and oxygen atoms in total. The smallest absolute Gasteiger partial charge is 0.118 e. The third-order valence-corrected chi connectivity index (χ3v) is 3.86. The molecule has 1 aromatic carbocycles. The van der Waals surface area contributed by atoms with Gasteiger partial charge in [-0.25, -0.2) is 5.84 Å². The van der Waals surface area contributed by atoms with E-state index in [0.717, 1.165) is 18.0 Å². The van der Waals surface area contributed by atoms with Crippen LogP contribution in [-0.4, -0.2) is 19.0 Å². The summed E-state index contributed by atoms with van der Waals surface area (Å²) in [5.41, 5.74) is 3.96. The Labute approximate surface area is 121 Å². The SMILES string of the molecule is COc1ccc(CC(=NC2CCCCCC2)NN)cc1. The standard InChI is InChI=1S/C16H25N3O/c1-20-15-10-8-13(9-11-15)12-16(19-17)18-14-6-4-2-3-5-7-14/h8-11,14H,2-7,12,17H2,1H3,(H,18,19). The van der Waals surface area contributed by atoms with Crippen molar-refractivity contribution in [2.24, 2.45) is 10.8 Å². The second-order valence-electron chi connectivity index (χ2n) is 5.39. The fourth-order valence-electron chi connectivity index (χ4n) is 2.68. The fraction of sp³-hybridized carbons (Fsp3) is 0.562. The summed E-state index contributed by atoms with van der Waals surface area (Å²) in [6.45, 7) is 0. The number of methoxy groups -OCH3 is 1. The van der Waals surface area contributed by atoms with Crippen molar-refractivity contribution < 1.29 is 4.74 Å². The Bertz CT molecular complexity index is 420. The van der Waals surface area contributed by atoms with E-state index in [9.17, 15) is 0 Å². The maximum absolute atomic E-state index is 5.63. The summed E-state index contributed by atoms with van der Waals surface area (Å²) in [6, 6.07) is 8.48. The van der Waals surface area contributed by atoms with Gasteiger partial charge >= 0.3 is 0 Å². The summed E-state index contributed by atoms with van der Waals surface area (Å²) < 4.78 is 5.17. The van der Waals surface area contributed by atoms with Gasteiger partial charge in [-0.05, 0) is 30.5 Å². The molecule has 20 heavy (non-hydrogen) atoms. The summed E-state index contributed by atoms with van der Waals surface area (Å²) in [7, 11) is 1.68. The molecule has 0 heterocycles. The van der Waals surface area contributed by atoms with Gasteiger partial charge in [0.05, 0.1) is 13.2 Å². The maximum Gasteiger partial charge on any atom is 0.118 e. The Kier molecular flexibility index (Phi) is 5.87. The minimum absolute atomic E-state index is 0.432. The van der Waals surface area contributed by atoms with Gasteiger partial charge in [-0.15, -0.1) is 0 Å². The Morgan fingerprint density at radius 3 is 2.40 bits per heavy atom. The number of amidine groups is 1. The van der Waals surface area contributed by atoms with Gasteiger partial charge in [0.15, 0.2) is 0 Å². The quantitative estimate of drug-likeness (QED) is 0.292. The molecule has 1 aliphatic rings. The van der Waals surface area contributed by atoms with Gasteiger partial charge in [-0.3, -0.25) is 4.99 Å². The van der Waals surface area contributed by atoms with E-state index in [2.05, 4.69) is 17.6 Å². The van der Waals surface area contributed by atoms with E-state index in [1.807, 2.05) is 12.1 Å². The first-order valence-corrected chi connectivity index (χ1v) is 7.48. The molecule has 1 saturated carbocycles. The van der Waals surface area contributed by atoms with Crippen molar-refractivity contribution in [2.45, 2.75) is 51.0 Å². The molecule has 2 rings (SSSR count). The van der Waals surface area contributed by atoms with Crippen LogP contribution in [0.15, 0.2) is 29.3 Å². The normalized spacial score (nSPS) is 17.6. The average Bonchev–Trinajstić information content (AvgIpc) is 2.76. The number of hydrogen-bond acceptors (Lipinski definition) is 3. The van der Waals surface area contributed by atoms with Crippen LogP contribution in [0.2, 0.25) is 0 Å². The van der Waals surface area contributed by atoms with Gasteiger partial charge in [-0.2, -0.15) is 0 Å². The molecule has 0 spiro atoms. The van der Waals surface area contributed by atoms with Crippen molar-refractivity contribution in [3.63, 3.8) is 0 Å². The second kappa shape index (κ2) is 7.90. The van der Waals surface area contributed by atoms with Crippen molar-refractivity contribution in [1.82, 2.24) is 5.43 Å². The number of nitrogens with one attached hydrogen (secondary N) is 1. The molecule has 0 aromatic heterocycles. The van der Waals surface area contributed by atoms with E-state index >= 15 is 0 Å². The van der Waals surface area contributed by atoms with E-state index in [1.165, 1.54) is 44.1 Å². The molecule has 3 N–H and O–H groups in total. The van der Waals surface area contributed by atoms with Gasteiger partial charge in [0, 0.05) is 6.42 Å². The number of benzene rings is 1. The lowest BCUT2D eigenvalue weighted by atomic mass is 10.1. The predicted octanol–water partition coefficient (Wildman–Crippen LogP) is 2.82. The van der Waals surface area contributed by atoms with Crippen LogP contribution in [0, 0.1) is 0 Å². The number of aliphatic imine (C=N–C) groups is 1. The molecule has 1 aliphatic carbocycles. The number of hydrazine groups is 1. The van der Waals surface area contributed by atoms with Gasteiger partial charge in [0.2, 0.25) is 0 Å². The molecule has 1 aromatic rings. The van der Waals surface area contributed by atoms with Crippen molar-refractivity contribution in [2.75, 3.05) is 7.11 Å². The minimum atomic E-state index is 0.432. The number of nitrogens with two attached hydrogens (primary N) is 1. The molecule has 0 saturated heterocycles.